The van der Waals surface area contributed by atoms with Crippen LogP contribution in [0, 0.1) is 0 Å². The zero-order valence-corrected chi connectivity index (χ0v) is 11.5. The summed E-state index contributed by atoms with van der Waals surface area (Å²) in [7, 11) is 1.63. The van der Waals surface area contributed by atoms with Crippen molar-refractivity contribution < 1.29 is 9.26 Å². The highest BCUT2D eigenvalue weighted by Gasteiger charge is 2.29. The second kappa shape index (κ2) is 5.40. The van der Waals surface area contributed by atoms with Gasteiger partial charge in [0.2, 0.25) is 11.7 Å². The highest BCUT2D eigenvalue weighted by atomic mass is 16.5. The van der Waals surface area contributed by atoms with Gasteiger partial charge in [-0.1, -0.05) is 24.2 Å². The molecule has 1 heterocycles. The Kier molecular flexibility index (Phi) is 3.85. The molecule has 0 saturated carbocycles. The van der Waals surface area contributed by atoms with Crippen molar-refractivity contribution in [2.75, 3.05) is 13.7 Å². The molecule has 0 radical (unpaired) electrons. The van der Waals surface area contributed by atoms with E-state index >= 15 is 0 Å². The topological polar surface area (TPSA) is 74.2 Å². The molecule has 1 aromatic carbocycles. The minimum Gasteiger partial charge on any atom is -0.497 e. The van der Waals surface area contributed by atoms with Gasteiger partial charge in [0.15, 0.2) is 0 Å². The van der Waals surface area contributed by atoms with E-state index in [4.69, 9.17) is 15.0 Å². The zero-order chi connectivity index (χ0) is 13.9. The van der Waals surface area contributed by atoms with Crippen LogP contribution in [0.25, 0.3) is 11.4 Å². The standard InChI is InChI=1S/C14H19N3O2/c1-4-14(2,9-15)13-16-12(17-19-13)10-6-5-7-11(8-10)18-3/h5-8H,4,9,15H2,1-3H3. The first-order chi connectivity index (χ1) is 9.12. The van der Waals surface area contributed by atoms with Crippen molar-refractivity contribution in [3.8, 4) is 17.1 Å². The molecule has 0 amide bonds. The van der Waals surface area contributed by atoms with Crippen molar-refractivity contribution in [1.82, 2.24) is 10.1 Å². The highest BCUT2D eigenvalue weighted by molar-refractivity contribution is 5.56. The number of aromatic nitrogens is 2. The van der Waals surface area contributed by atoms with Crippen LogP contribution in [0.15, 0.2) is 28.8 Å². The van der Waals surface area contributed by atoms with Gasteiger partial charge < -0.3 is 15.0 Å². The molecule has 5 nitrogen and oxygen atoms in total. The summed E-state index contributed by atoms with van der Waals surface area (Å²) in [5.41, 5.74) is 6.39. The van der Waals surface area contributed by atoms with Gasteiger partial charge in [-0.25, -0.2) is 0 Å². The zero-order valence-electron chi connectivity index (χ0n) is 11.5. The lowest BCUT2D eigenvalue weighted by molar-refractivity contribution is 0.291. The summed E-state index contributed by atoms with van der Waals surface area (Å²) in [6.07, 6.45) is 0.850. The summed E-state index contributed by atoms with van der Waals surface area (Å²) in [4.78, 5) is 4.46. The molecule has 2 rings (SSSR count). The van der Waals surface area contributed by atoms with Crippen molar-refractivity contribution in [2.24, 2.45) is 5.73 Å². The first-order valence-corrected chi connectivity index (χ1v) is 6.31. The van der Waals surface area contributed by atoms with Crippen molar-refractivity contribution in [3.05, 3.63) is 30.2 Å². The Labute approximate surface area is 112 Å². The Morgan fingerprint density at radius 2 is 2.21 bits per heavy atom. The summed E-state index contributed by atoms with van der Waals surface area (Å²) in [6, 6.07) is 7.57. The summed E-state index contributed by atoms with van der Waals surface area (Å²) in [5, 5.41) is 4.03. The third-order valence-corrected chi connectivity index (χ3v) is 3.50. The van der Waals surface area contributed by atoms with Crippen molar-refractivity contribution in [2.45, 2.75) is 25.7 Å². The normalized spacial score (nSPS) is 14.1. The molecular weight excluding hydrogens is 242 g/mol. The SMILES string of the molecule is CCC(C)(CN)c1nc(-c2cccc(OC)c2)no1. The predicted molar refractivity (Wildman–Crippen MR) is 73.0 cm³/mol. The Morgan fingerprint density at radius 1 is 1.42 bits per heavy atom. The minimum absolute atomic E-state index is 0.274. The van der Waals surface area contributed by atoms with E-state index in [0.717, 1.165) is 17.7 Å². The lowest BCUT2D eigenvalue weighted by Gasteiger charge is -2.20. The van der Waals surface area contributed by atoms with Crippen LogP contribution in [0.1, 0.15) is 26.2 Å². The second-order valence-electron chi connectivity index (χ2n) is 4.77. The van der Waals surface area contributed by atoms with Crippen LogP contribution < -0.4 is 10.5 Å². The van der Waals surface area contributed by atoms with Gasteiger partial charge in [0.1, 0.15) is 5.75 Å². The van der Waals surface area contributed by atoms with Crippen LogP contribution in [-0.4, -0.2) is 23.8 Å². The van der Waals surface area contributed by atoms with Gasteiger partial charge in [-0.15, -0.1) is 0 Å². The number of methoxy groups -OCH3 is 1. The number of ether oxygens (including phenoxy) is 1. The molecule has 0 aliphatic rings. The van der Waals surface area contributed by atoms with Gasteiger partial charge in [-0.2, -0.15) is 4.98 Å². The minimum atomic E-state index is -0.274. The van der Waals surface area contributed by atoms with Gasteiger partial charge in [0.25, 0.3) is 0 Å². The van der Waals surface area contributed by atoms with Gasteiger partial charge >= 0.3 is 0 Å². The predicted octanol–water partition coefficient (Wildman–Crippen LogP) is 2.37. The molecule has 1 aromatic heterocycles. The fraction of sp³-hybridized carbons (Fsp3) is 0.429. The summed E-state index contributed by atoms with van der Waals surface area (Å²) >= 11 is 0. The largest absolute Gasteiger partial charge is 0.497 e. The van der Waals surface area contributed by atoms with Gasteiger partial charge in [-0.05, 0) is 25.5 Å². The summed E-state index contributed by atoms with van der Waals surface area (Å²) in [6.45, 7) is 4.56. The first kappa shape index (κ1) is 13.5. The molecular formula is C14H19N3O2. The molecule has 0 saturated heterocycles. The van der Waals surface area contributed by atoms with Gasteiger partial charge in [-0.3, -0.25) is 0 Å². The van der Waals surface area contributed by atoms with Crippen LogP contribution >= 0.6 is 0 Å². The van der Waals surface area contributed by atoms with Crippen LogP contribution in [0.2, 0.25) is 0 Å². The number of hydrogen-bond acceptors (Lipinski definition) is 5. The molecule has 2 N–H and O–H groups in total. The number of hydrogen-bond donors (Lipinski definition) is 1. The van der Waals surface area contributed by atoms with E-state index in [1.54, 1.807) is 7.11 Å². The van der Waals surface area contributed by atoms with Gasteiger partial charge in [0.05, 0.1) is 12.5 Å². The maximum absolute atomic E-state index is 5.80. The molecule has 0 bridgehead atoms. The Bertz CT molecular complexity index is 547. The van der Waals surface area contributed by atoms with Crippen LogP contribution in [-0.2, 0) is 5.41 Å². The van der Waals surface area contributed by atoms with E-state index in [2.05, 4.69) is 17.1 Å². The van der Waals surface area contributed by atoms with E-state index in [9.17, 15) is 0 Å². The third kappa shape index (κ3) is 2.61. The number of nitrogens with two attached hydrogens (primary N) is 1. The molecule has 0 spiro atoms. The van der Waals surface area contributed by atoms with Crippen molar-refractivity contribution >= 4 is 0 Å². The van der Waals surface area contributed by atoms with Gasteiger partial charge in [0, 0.05) is 12.1 Å². The Hall–Kier alpha value is -1.88. The molecule has 0 aliphatic heterocycles. The number of rotatable bonds is 5. The van der Waals surface area contributed by atoms with Crippen LogP contribution in [0.3, 0.4) is 0 Å². The lowest BCUT2D eigenvalue weighted by Crippen LogP contribution is -2.31. The molecule has 1 unspecified atom stereocenters. The van der Waals surface area contributed by atoms with Crippen molar-refractivity contribution in [3.63, 3.8) is 0 Å². The molecule has 5 heteroatoms. The van der Waals surface area contributed by atoms with Crippen LogP contribution in [0.4, 0.5) is 0 Å². The molecule has 0 aliphatic carbocycles. The maximum atomic E-state index is 5.80. The maximum Gasteiger partial charge on any atom is 0.234 e. The molecule has 102 valence electrons. The molecule has 2 aromatic rings. The molecule has 1 atom stereocenters. The van der Waals surface area contributed by atoms with Crippen LogP contribution in [0.5, 0.6) is 5.75 Å². The Balaban J connectivity index is 2.35. The van der Waals surface area contributed by atoms with E-state index in [-0.39, 0.29) is 5.41 Å². The summed E-state index contributed by atoms with van der Waals surface area (Å²) < 4.78 is 10.5. The monoisotopic (exact) mass is 261 g/mol. The quantitative estimate of drug-likeness (QED) is 0.894. The van der Waals surface area contributed by atoms with E-state index in [1.807, 2.05) is 31.2 Å². The number of benzene rings is 1. The number of nitrogens with zero attached hydrogens (tertiary/aromatic N) is 2. The molecule has 19 heavy (non-hydrogen) atoms. The van der Waals surface area contributed by atoms with E-state index in [1.165, 1.54) is 0 Å². The fourth-order valence-electron chi connectivity index (χ4n) is 1.73. The van der Waals surface area contributed by atoms with E-state index < -0.39 is 0 Å². The first-order valence-electron chi connectivity index (χ1n) is 6.31. The average Bonchev–Trinajstić information content (AvgIpc) is 2.97. The average molecular weight is 261 g/mol. The lowest BCUT2D eigenvalue weighted by atomic mass is 9.88. The highest BCUT2D eigenvalue weighted by Crippen LogP contribution is 2.28. The van der Waals surface area contributed by atoms with Crippen molar-refractivity contribution in [1.29, 1.82) is 0 Å². The third-order valence-electron chi connectivity index (χ3n) is 3.50. The smallest absolute Gasteiger partial charge is 0.234 e. The Morgan fingerprint density at radius 3 is 2.84 bits per heavy atom. The second-order valence-corrected chi connectivity index (χ2v) is 4.77. The fourth-order valence-corrected chi connectivity index (χ4v) is 1.73. The summed E-state index contributed by atoms with van der Waals surface area (Å²) in [5.74, 6) is 1.90. The van der Waals surface area contributed by atoms with E-state index in [0.29, 0.717) is 18.3 Å². The molecule has 0 fully saturated rings.